The second kappa shape index (κ2) is 11.2. The van der Waals surface area contributed by atoms with Gasteiger partial charge in [-0.25, -0.2) is 4.98 Å². The topological polar surface area (TPSA) is 85.9 Å². The number of nitrogens with one attached hydrogen (secondary N) is 2. The number of ether oxygens (including phenoxy) is 1. The molecule has 5 heterocycles. The lowest BCUT2D eigenvalue weighted by atomic mass is 9.94. The molecule has 9 heteroatoms. The number of carbonyl (C=O) groups is 1. The molecule has 1 unspecified atom stereocenters. The van der Waals surface area contributed by atoms with Gasteiger partial charge in [0.2, 0.25) is 0 Å². The summed E-state index contributed by atoms with van der Waals surface area (Å²) in [5, 5.41) is 6.45. The zero-order valence-corrected chi connectivity index (χ0v) is 22.8. The molecule has 0 aliphatic carbocycles. The molecule has 3 aliphatic rings. The molecule has 2 saturated heterocycles. The molecule has 0 saturated carbocycles. The third-order valence-electron chi connectivity index (χ3n) is 8.03. The van der Waals surface area contributed by atoms with E-state index in [-0.39, 0.29) is 12.0 Å². The van der Waals surface area contributed by atoms with Gasteiger partial charge in [-0.2, -0.15) is 0 Å². The molecule has 1 atom stereocenters. The van der Waals surface area contributed by atoms with Gasteiger partial charge in [0.1, 0.15) is 5.82 Å². The van der Waals surface area contributed by atoms with Crippen LogP contribution in [-0.4, -0.2) is 79.8 Å². The molecule has 2 fully saturated rings. The summed E-state index contributed by atoms with van der Waals surface area (Å²) in [4.78, 5) is 29.2. The molecule has 3 aromatic rings. The molecule has 2 N–H and O–H groups in total. The Hall–Kier alpha value is -3.69. The maximum absolute atomic E-state index is 13.0. The molecule has 3 aliphatic heterocycles. The van der Waals surface area contributed by atoms with E-state index in [2.05, 4.69) is 67.5 Å². The number of hydrogen-bond donors (Lipinski definition) is 2. The van der Waals surface area contributed by atoms with Crippen molar-refractivity contribution < 1.29 is 9.53 Å². The smallest absolute Gasteiger partial charge is 0.254 e. The average Bonchev–Trinajstić information content (AvgIpc) is 3.36. The van der Waals surface area contributed by atoms with Crippen molar-refractivity contribution >= 4 is 28.8 Å². The fourth-order valence-electron chi connectivity index (χ4n) is 5.85. The van der Waals surface area contributed by atoms with Gasteiger partial charge in [0.25, 0.3) is 5.91 Å². The highest BCUT2D eigenvalue weighted by atomic mass is 16.5. The van der Waals surface area contributed by atoms with E-state index >= 15 is 0 Å². The second-order valence-electron chi connectivity index (χ2n) is 10.6. The van der Waals surface area contributed by atoms with E-state index in [9.17, 15) is 4.79 Å². The quantitative estimate of drug-likeness (QED) is 0.479. The van der Waals surface area contributed by atoms with E-state index in [1.807, 2.05) is 30.7 Å². The maximum Gasteiger partial charge on any atom is 0.254 e. The number of likely N-dealkylation sites (N-methyl/N-ethyl adjacent to an activating group) is 1. The molecule has 2 aromatic heterocycles. The minimum Gasteiger partial charge on any atom is -0.375 e. The van der Waals surface area contributed by atoms with Crippen molar-refractivity contribution in [2.45, 2.75) is 32.4 Å². The number of aromatic nitrogens is 2. The van der Waals surface area contributed by atoms with Crippen LogP contribution in [0.15, 0.2) is 48.9 Å². The fraction of sp³-hybridized carbons (Fsp3) is 0.433. The number of anilines is 4. The lowest BCUT2D eigenvalue weighted by Gasteiger charge is -2.35. The zero-order chi connectivity index (χ0) is 26.8. The lowest BCUT2D eigenvalue weighted by molar-refractivity contribution is 0.0348. The molecule has 1 amide bonds. The van der Waals surface area contributed by atoms with Gasteiger partial charge in [-0.05, 0) is 48.9 Å². The first kappa shape index (κ1) is 25.6. The van der Waals surface area contributed by atoms with Crippen LogP contribution in [0, 0.1) is 0 Å². The predicted molar refractivity (Wildman–Crippen MR) is 155 cm³/mol. The van der Waals surface area contributed by atoms with Crippen LogP contribution in [0.3, 0.4) is 0 Å². The number of piperazine rings is 1. The average molecular weight is 528 g/mol. The van der Waals surface area contributed by atoms with Crippen molar-refractivity contribution in [3.63, 3.8) is 0 Å². The minimum atomic E-state index is -0.0617. The molecule has 6 rings (SSSR count). The molecule has 0 bridgehead atoms. The van der Waals surface area contributed by atoms with Crippen molar-refractivity contribution in [1.82, 2.24) is 20.2 Å². The molecule has 1 aromatic carbocycles. The van der Waals surface area contributed by atoms with Gasteiger partial charge in [-0.1, -0.05) is 19.4 Å². The monoisotopic (exact) mass is 527 g/mol. The van der Waals surface area contributed by atoms with Crippen LogP contribution in [0.2, 0.25) is 0 Å². The summed E-state index contributed by atoms with van der Waals surface area (Å²) in [5.41, 5.74) is 6.83. The number of pyridine rings is 2. The van der Waals surface area contributed by atoms with E-state index in [1.54, 1.807) is 0 Å². The van der Waals surface area contributed by atoms with Crippen LogP contribution in [-0.2, 0) is 11.3 Å². The van der Waals surface area contributed by atoms with Crippen molar-refractivity contribution in [1.29, 1.82) is 0 Å². The van der Waals surface area contributed by atoms with Gasteiger partial charge in [-0.15, -0.1) is 0 Å². The third kappa shape index (κ3) is 5.29. The van der Waals surface area contributed by atoms with Crippen LogP contribution in [0.1, 0.15) is 35.7 Å². The summed E-state index contributed by atoms with van der Waals surface area (Å²) in [6.07, 6.45) is 8.06. The van der Waals surface area contributed by atoms with Crippen molar-refractivity contribution in [3.8, 4) is 11.1 Å². The summed E-state index contributed by atoms with van der Waals surface area (Å²) in [5.74, 6) is 0.663. The van der Waals surface area contributed by atoms with Crippen molar-refractivity contribution in [2.75, 3.05) is 68.0 Å². The number of benzene rings is 1. The Morgan fingerprint density at radius 2 is 1.90 bits per heavy atom. The highest BCUT2D eigenvalue weighted by Gasteiger charge is 2.29. The van der Waals surface area contributed by atoms with Gasteiger partial charge in [-0.3, -0.25) is 9.78 Å². The van der Waals surface area contributed by atoms with Crippen LogP contribution in [0.4, 0.5) is 22.9 Å². The summed E-state index contributed by atoms with van der Waals surface area (Å²) in [6.45, 7) is 9.18. The Kier molecular flexibility index (Phi) is 7.34. The molecular formula is C30H37N7O2. The van der Waals surface area contributed by atoms with Gasteiger partial charge in [0.15, 0.2) is 0 Å². The summed E-state index contributed by atoms with van der Waals surface area (Å²) in [7, 11) is 2.16. The van der Waals surface area contributed by atoms with Crippen molar-refractivity contribution in [2.24, 2.45) is 0 Å². The largest absolute Gasteiger partial charge is 0.375 e. The standard InChI is InChI=1S/C30H37N7O2/c1-3-4-22-20-37(15-16-39-22)27-19-31-10-9-24(27)23-6-7-26(29-25(23)18-33-30(29)38)34-28-8-5-21(17-32-28)36-13-11-35(2)12-14-36/h5-10,17,19,22H,3-4,11-16,18,20H2,1-2H3,(H,32,34)(H,33,38). The van der Waals surface area contributed by atoms with E-state index in [1.165, 1.54) is 0 Å². The molecule has 39 heavy (non-hydrogen) atoms. The van der Waals surface area contributed by atoms with Gasteiger partial charge in [0.05, 0.1) is 47.7 Å². The van der Waals surface area contributed by atoms with Gasteiger partial charge in [0, 0.05) is 57.6 Å². The summed E-state index contributed by atoms with van der Waals surface area (Å²) >= 11 is 0. The normalized spacial score (nSPS) is 19.6. The van der Waals surface area contributed by atoms with Crippen LogP contribution >= 0.6 is 0 Å². The predicted octanol–water partition coefficient (Wildman–Crippen LogP) is 3.89. The molecule has 0 spiro atoms. The number of carbonyl (C=O) groups excluding carboxylic acids is 1. The molecule has 9 nitrogen and oxygen atoms in total. The number of morpholine rings is 1. The molecule has 0 radical (unpaired) electrons. The number of amides is 1. The summed E-state index contributed by atoms with van der Waals surface area (Å²) < 4.78 is 5.99. The maximum atomic E-state index is 13.0. The van der Waals surface area contributed by atoms with E-state index in [0.717, 1.165) is 91.7 Å². The lowest BCUT2D eigenvalue weighted by Crippen LogP contribution is -2.44. The van der Waals surface area contributed by atoms with Crippen LogP contribution < -0.4 is 20.4 Å². The van der Waals surface area contributed by atoms with E-state index in [0.29, 0.717) is 18.7 Å². The number of fused-ring (bicyclic) bond motifs is 1. The van der Waals surface area contributed by atoms with Crippen molar-refractivity contribution in [3.05, 3.63) is 60.0 Å². The first-order chi connectivity index (χ1) is 19.1. The Morgan fingerprint density at radius 1 is 1.03 bits per heavy atom. The Balaban J connectivity index is 1.27. The Morgan fingerprint density at radius 3 is 2.69 bits per heavy atom. The third-order valence-corrected chi connectivity index (χ3v) is 8.03. The van der Waals surface area contributed by atoms with Gasteiger partial charge < -0.3 is 30.1 Å². The highest BCUT2D eigenvalue weighted by molar-refractivity contribution is 6.06. The highest BCUT2D eigenvalue weighted by Crippen LogP contribution is 2.39. The zero-order valence-electron chi connectivity index (χ0n) is 22.8. The minimum absolute atomic E-state index is 0.0617. The van der Waals surface area contributed by atoms with Crippen LogP contribution in [0.25, 0.3) is 11.1 Å². The molecular weight excluding hydrogens is 490 g/mol. The Bertz CT molecular complexity index is 1320. The number of nitrogens with zero attached hydrogens (tertiary/aromatic N) is 5. The first-order valence-corrected chi connectivity index (χ1v) is 14.0. The second-order valence-corrected chi connectivity index (χ2v) is 10.6. The first-order valence-electron chi connectivity index (χ1n) is 14.0. The van der Waals surface area contributed by atoms with E-state index in [4.69, 9.17) is 4.74 Å². The fourth-order valence-corrected chi connectivity index (χ4v) is 5.85. The van der Waals surface area contributed by atoms with E-state index < -0.39 is 0 Å². The van der Waals surface area contributed by atoms with Crippen LogP contribution in [0.5, 0.6) is 0 Å². The SMILES string of the molecule is CCCC1CN(c2cnccc2-c2ccc(Nc3ccc(N4CCN(C)CC4)cn3)c3c2CNC3=O)CCO1. The number of hydrogen-bond acceptors (Lipinski definition) is 8. The Labute approximate surface area is 230 Å². The summed E-state index contributed by atoms with van der Waals surface area (Å²) in [6, 6.07) is 10.3. The molecule has 204 valence electrons. The number of rotatable bonds is 7. The van der Waals surface area contributed by atoms with Gasteiger partial charge >= 0.3 is 0 Å².